The third-order valence-corrected chi connectivity index (χ3v) is 5.69. The van der Waals surface area contributed by atoms with Gasteiger partial charge in [0.1, 0.15) is 0 Å². The first-order chi connectivity index (χ1) is 11.7. The van der Waals surface area contributed by atoms with Crippen LogP contribution in [-0.4, -0.2) is 78.6 Å². The highest BCUT2D eigenvalue weighted by Gasteiger charge is 2.48. The molecular weight excluding hydrogens is 306 g/mol. The van der Waals surface area contributed by atoms with Crippen molar-refractivity contribution in [3.63, 3.8) is 0 Å². The van der Waals surface area contributed by atoms with Crippen LogP contribution in [0, 0.1) is 5.41 Å². The van der Waals surface area contributed by atoms with Crippen LogP contribution in [0.15, 0.2) is 12.3 Å². The first-order valence-corrected chi connectivity index (χ1v) is 8.84. The molecule has 4 rings (SSSR count). The van der Waals surface area contributed by atoms with Crippen molar-refractivity contribution in [3.05, 3.63) is 12.3 Å². The molecule has 0 aromatic carbocycles. The molecule has 1 amide bonds. The Morgan fingerprint density at radius 1 is 1.17 bits per heavy atom. The van der Waals surface area contributed by atoms with Crippen molar-refractivity contribution >= 4 is 11.9 Å². The highest BCUT2D eigenvalue weighted by molar-refractivity contribution is 5.84. The van der Waals surface area contributed by atoms with Gasteiger partial charge in [-0.05, 0) is 32.4 Å². The standard InChI is InChI=1S/C17H25N5O2/c1-24-14-3-6-18-16(19-14)22-11-9-21(10-12-22)15(23)17-4-2-7-20(13-17)8-5-17/h3,6H,2,4-5,7-13H2,1H3. The molecule has 7 nitrogen and oxygen atoms in total. The van der Waals surface area contributed by atoms with Crippen molar-refractivity contribution in [3.8, 4) is 5.88 Å². The molecule has 130 valence electrons. The molecule has 0 spiro atoms. The van der Waals surface area contributed by atoms with Gasteiger partial charge in [-0.25, -0.2) is 4.98 Å². The SMILES string of the molecule is COc1ccnc(N2CCN(C(=O)C34CCCN(CC3)C4)CC2)n1. The van der Waals surface area contributed by atoms with Crippen molar-refractivity contribution in [2.24, 2.45) is 5.41 Å². The lowest BCUT2D eigenvalue weighted by molar-refractivity contribution is -0.143. The molecule has 3 saturated heterocycles. The summed E-state index contributed by atoms with van der Waals surface area (Å²) in [6.07, 6.45) is 4.96. The molecule has 24 heavy (non-hydrogen) atoms. The van der Waals surface area contributed by atoms with Gasteiger partial charge in [-0.2, -0.15) is 4.98 Å². The van der Waals surface area contributed by atoms with E-state index in [0.29, 0.717) is 17.7 Å². The van der Waals surface area contributed by atoms with Gasteiger partial charge in [-0.1, -0.05) is 0 Å². The maximum Gasteiger partial charge on any atom is 0.230 e. The Hall–Kier alpha value is -1.89. The van der Waals surface area contributed by atoms with Crippen molar-refractivity contribution in [2.75, 3.05) is 57.8 Å². The van der Waals surface area contributed by atoms with Gasteiger partial charge < -0.3 is 19.4 Å². The van der Waals surface area contributed by atoms with Crippen LogP contribution in [0.2, 0.25) is 0 Å². The number of carbonyl (C=O) groups excluding carboxylic acids is 1. The van der Waals surface area contributed by atoms with E-state index < -0.39 is 0 Å². The van der Waals surface area contributed by atoms with E-state index in [9.17, 15) is 4.79 Å². The average Bonchev–Trinajstić information content (AvgIpc) is 2.96. The Balaban J connectivity index is 1.40. The molecule has 3 fully saturated rings. The maximum atomic E-state index is 13.1. The molecule has 0 N–H and O–H groups in total. The fourth-order valence-electron chi connectivity index (χ4n) is 4.32. The number of nitrogens with zero attached hydrogens (tertiary/aromatic N) is 5. The summed E-state index contributed by atoms with van der Waals surface area (Å²) in [5.74, 6) is 1.63. The minimum absolute atomic E-state index is 0.104. The zero-order valence-corrected chi connectivity index (χ0v) is 14.3. The number of hydrogen-bond acceptors (Lipinski definition) is 6. The van der Waals surface area contributed by atoms with E-state index in [1.165, 1.54) is 0 Å². The molecule has 0 radical (unpaired) electrons. The topological polar surface area (TPSA) is 61.8 Å². The minimum Gasteiger partial charge on any atom is -0.481 e. The summed E-state index contributed by atoms with van der Waals surface area (Å²) < 4.78 is 5.17. The number of fused-ring (bicyclic) bond motifs is 2. The number of piperidine rings is 1. The van der Waals surface area contributed by atoms with Gasteiger partial charge in [0, 0.05) is 45.0 Å². The van der Waals surface area contributed by atoms with Gasteiger partial charge >= 0.3 is 0 Å². The summed E-state index contributed by atoms with van der Waals surface area (Å²) in [6.45, 7) is 6.27. The van der Waals surface area contributed by atoms with Gasteiger partial charge in [-0.15, -0.1) is 0 Å². The summed E-state index contributed by atoms with van der Waals surface area (Å²) in [5.41, 5.74) is -0.104. The molecule has 0 aliphatic carbocycles. The highest BCUT2D eigenvalue weighted by Crippen LogP contribution is 2.41. The van der Waals surface area contributed by atoms with Gasteiger partial charge in [0.25, 0.3) is 0 Å². The summed E-state index contributed by atoms with van der Waals surface area (Å²) >= 11 is 0. The summed E-state index contributed by atoms with van der Waals surface area (Å²) in [6, 6.07) is 1.75. The zero-order valence-electron chi connectivity index (χ0n) is 14.3. The Bertz CT molecular complexity index is 613. The van der Waals surface area contributed by atoms with Crippen LogP contribution in [-0.2, 0) is 4.79 Å². The van der Waals surface area contributed by atoms with E-state index in [4.69, 9.17) is 4.74 Å². The van der Waals surface area contributed by atoms with E-state index in [0.717, 1.165) is 65.1 Å². The molecule has 0 saturated carbocycles. The molecule has 1 aromatic rings. The molecule has 3 aliphatic rings. The van der Waals surface area contributed by atoms with Crippen molar-refractivity contribution < 1.29 is 9.53 Å². The lowest BCUT2D eigenvalue weighted by Gasteiger charge is -2.41. The molecule has 2 unspecified atom stereocenters. The number of ether oxygens (including phenoxy) is 1. The zero-order chi connectivity index (χ0) is 16.6. The second-order valence-electron chi connectivity index (χ2n) is 7.09. The number of hydrogen-bond donors (Lipinski definition) is 0. The van der Waals surface area contributed by atoms with Crippen LogP contribution in [0.4, 0.5) is 5.95 Å². The maximum absolute atomic E-state index is 13.1. The normalized spacial score (nSPS) is 29.6. The van der Waals surface area contributed by atoms with Gasteiger partial charge in [0.15, 0.2) is 0 Å². The predicted octanol–water partition coefficient (Wildman–Crippen LogP) is 0.620. The highest BCUT2D eigenvalue weighted by atomic mass is 16.5. The Labute approximate surface area is 142 Å². The largest absolute Gasteiger partial charge is 0.481 e. The fraction of sp³-hybridized carbons (Fsp3) is 0.706. The number of piperazine rings is 1. The number of rotatable bonds is 3. The van der Waals surface area contributed by atoms with Gasteiger partial charge in [0.2, 0.25) is 17.7 Å². The summed E-state index contributed by atoms with van der Waals surface area (Å²) in [5, 5.41) is 0. The van der Waals surface area contributed by atoms with Crippen LogP contribution >= 0.6 is 0 Å². The van der Waals surface area contributed by atoms with E-state index in [-0.39, 0.29) is 5.41 Å². The monoisotopic (exact) mass is 331 g/mol. The quantitative estimate of drug-likeness (QED) is 0.809. The lowest BCUT2D eigenvalue weighted by Crippen LogP contribution is -2.55. The minimum atomic E-state index is -0.104. The average molecular weight is 331 g/mol. The number of anilines is 1. The lowest BCUT2D eigenvalue weighted by atomic mass is 9.79. The van der Waals surface area contributed by atoms with E-state index in [2.05, 4.69) is 24.7 Å². The van der Waals surface area contributed by atoms with Gasteiger partial charge in [0.05, 0.1) is 12.5 Å². The van der Waals surface area contributed by atoms with E-state index >= 15 is 0 Å². The van der Waals surface area contributed by atoms with Crippen LogP contribution in [0.3, 0.4) is 0 Å². The predicted molar refractivity (Wildman–Crippen MR) is 90.1 cm³/mol. The van der Waals surface area contributed by atoms with Gasteiger partial charge in [-0.3, -0.25) is 4.79 Å². The molecule has 4 heterocycles. The van der Waals surface area contributed by atoms with Crippen LogP contribution in [0.5, 0.6) is 5.88 Å². The van der Waals surface area contributed by atoms with E-state index in [1.54, 1.807) is 19.4 Å². The number of methoxy groups -OCH3 is 1. The number of amides is 1. The number of carbonyl (C=O) groups is 1. The smallest absolute Gasteiger partial charge is 0.230 e. The molecule has 2 bridgehead atoms. The van der Waals surface area contributed by atoms with Crippen molar-refractivity contribution in [2.45, 2.75) is 19.3 Å². The van der Waals surface area contributed by atoms with Crippen LogP contribution in [0.25, 0.3) is 0 Å². The molecule has 3 aliphatic heterocycles. The van der Waals surface area contributed by atoms with Crippen LogP contribution < -0.4 is 9.64 Å². The first-order valence-electron chi connectivity index (χ1n) is 8.84. The Morgan fingerprint density at radius 3 is 2.79 bits per heavy atom. The van der Waals surface area contributed by atoms with E-state index in [1.807, 2.05) is 0 Å². The summed E-state index contributed by atoms with van der Waals surface area (Å²) in [4.78, 5) is 28.5. The Morgan fingerprint density at radius 2 is 2.00 bits per heavy atom. The fourth-order valence-corrected chi connectivity index (χ4v) is 4.32. The Kier molecular flexibility index (Phi) is 4.04. The van der Waals surface area contributed by atoms with Crippen molar-refractivity contribution in [1.29, 1.82) is 0 Å². The third kappa shape index (κ3) is 2.70. The second kappa shape index (κ2) is 6.20. The second-order valence-corrected chi connectivity index (χ2v) is 7.09. The molecular formula is C17H25N5O2. The summed E-state index contributed by atoms with van der Waals surface area (Å²) in [7, 11) is 1.61. The van der Waals surface area contributed by atoms with Crippen molar-refractivity contribution in [1.82, 2.24) is 19.8 Å². The first kappa shape index (κ1) is 15.6. The molecule has 1 aromatic heterocycles. The number of aromatic nitrogens is 2. The molecule has 2 atom stereocenters. The third-order valence-electron chi connectivity index (χ3n) is 5.69. The van der Waals surface area contributed by atoms with Crippen LogP contribution in [0.1, 0.15) is 19.3 Å². The molecule has 7 heteroatoms.